The van der Waals surface area contributed by atoms with Crippen LogP contribution in [0.2, 0.25) is 0 Å². The molecule has 0 unspecified atom stereocenters. The Morgan fingerprint density at radius 3 is 2.76 bits per heavy atom. The van der Waals surface area contributed by atoms with Crippen LogP contribution in [0.3, 0.4) is 0 Å². The predicted octanol–water partition coefficient (Wildman–Crippen LogP) is 3.03. The van der Waals surface area contributed by atoms with E-state index in [1.807, 2.05) is 6.08 Å². The first-order valence-electron chi connectivity index (χ1n) is 9.04. The molecule has 0 heterocycles. The number of ketones is 2. The van der Waals surface area contributed by atoms with E-state index < -0.39 is 11.4 Å². The fourth-order valence-corrected chi connectivity index (χ4v) is 7.04. The third-order valence-corrected chi connectivity index (χ3v) is 8.41. The molecule has 4 aliphatic rings. The fourth-order valence-electron chi connectivity index (χ4n) is 6.15. The standard InChI is InChI=1S/C20H23NO3S/c1-19-7-5-11(22)9-14(19)18(25-10-21)17(24)16-12-3-4-15(23)20(12,2)8-6-13(16)19/h5,7,9,12-13,16-18,24H,3-4,6,8H2,1-2H3/t12-,13-,16-,17-,18-,19+,20-/m0/s1. The van der Waals surface area contributed by atoms with Gasteiger partial charge in [0.1, 0.15) is 11.2 Å². The number of rotatable bonds is 1. The molecule has 1 N–H and O–H groups in total. The Kier molecular flexibility index (Phi) is 3.79. The average Bonchev–Trinajstić information content (AvgIpc) is 2.88. The van der Waals surface area contributed by atoms with Crippen molar-refractivity contribution < 1.29 is 14.7 Å². The SMILES string of the molecule is C[C@]12C=CC(=O)C=C1[C@H](SC#N)[C@@H](O)[C@@H]1[C@@H]2CC[C@]2(C)C(=O)CC[C@@H]12. The lowest BCUT2D eigenvalue weighted by molar-refractivity contribution is -0.135. The van der Waals surface area contributed by atoms with E-state index in [0.717, 1.165) is 36.6 Å². The second kappa shape index (κ2) is 5.56. The summed E-state index contributed by atoms with van der Waals surface area (Å²) in [7, 11) is 0. The van der Waals surface area contributed by atoms with Gasteiger partial charge in [-0.1, -0.05) is 19.9 Å². The third-order valence-electron chi connectivity index (χ3n) is 7.52. The molecule has 25 heavy (non-hydrogen) atoms. The molecule has 4 nitrogen and oxygen atoms in total. The van der Waals surface area contributed by atoms with E-state index in [2.05, 4.69) is 19.2 Å². The molecule has 0 radical (unpaired) electrons. The summed E-state index contributed by atoms with van der Waals surface area (Å²) in [5, 5.41) is 22.2. The fraction of sp³-hybridized carbons (Fsp3) is 0.650. The Bertz CT molecular complexity index is 751. The molecule has 5 heteroatoms. The first-order chi connectivity index (χ1) is 11.8. The second-order valence-electron chi connectivity index (χ2n) is 8.45. The Hall–Kier alpha value is -1.38. The van der Waals surface area contributed by atoms with Crippen LogP contribution in [0, 0.1) is 39.2 Å². The zero-order valence-corrected chi connectivity index (χ0v) is 15.4. The zero-order valence-electron chi connectivity index (χ0n) is 14.6. The number of allylic oxidation sites excluding steroid dienone is 3. The van der Waals surface area contributed by atoms with E-state index in [0.29, 0.717) is 12.2 Å². The number of carbonyl (C=O) groups excluding carboxylic acids is 2. The summed E-state index contributed by atoms with van der Waals surface area (Å²) in [4.78, 5) is 24.5. The molecule has 0 bridgehead atoms. The van der Waals surface area contributed by atoms with Gasteiger partial charge in [-0.3, -0.25) is 9.59 Å². The van der Waals surface area contributed by atoms with Crippen molar-refractivity contribution in [2.24, 2.45) is 28.6 Å². The topological polar surface area (TPSA) is 78.2 Å². The van der Waals surface area contributed by atoms with E-state index in [1.165, 1.54) is 0 Å². The van der Waals surface area contributed by atoms with E-state index in [-0.39, 0.29) is 34.4 Å². The highest BCUT2D eigenvalue weighted by Crippen LogP contribution is 2.64. The highest BCUT2D eigenvalue weighted by atomic mass is 32.2. The zero-order chi connectivity index (χ0) is 18.0. The molecule has 132 valence electrons. The molecule has 4 aliphatic carbocycles. The molecule has 0 spiro atoms. The van der Waals surface area contributed by atoms with Gasteiger partial charge in [-0.25, -0.2) is 0 Å². The van der Waals surface area contributed by atoms with Crippen LogP contribution in [0.25, 0.3) is 0 Å². The maximum Gasteiger partial charge on any atom is 0.178 e. The van der Waals surface area contributed by atoms with Crippen molar-refractivity contribution >= 4 is 23.3 Å². The maximum atomic E-state index is 12.5. The molecule has 0 amide bonds. The summed E-state index contributed by atoms with van der Waals surface area (Å²) in [5.41, 5.74) is 0.225. The number of fused-ring (bicyclic) bond motifs is 5. The molecule has 0 aromatic rings. The third kappa shape index (κ3) is 2.17. The monoisotopic (exact) mass is 357 g/mol. The van der Waals surface area contributed by atoms with Gasteiger partial charge in [-0.05, 0) is 66.5 Å². The van der Waals surface area contributed by atoms with E-state index in [1.54, 1.807) is 12.2 Å². The average molecular weight is 357 g/mol. The molecule has 7 atom stereocenters. The minimum absolute atomic E-state index is 0.00366. The first kappa shape index (κ1) is 17.1. The van der Waals surface area contributed by atoms with E-state index >= 15 is 0 Å². The number of nitriles is 1. The maximum absolute atomic E-state index is 12.5. The quantitative estimate of drug-likeness (QED) is 0.730. The molecule has 0 aromatic heterocycles. The minimum atomic E-state index is -0.691. The van der Waals surface area contributed by atoms with Gasteiger partial charge >= 0.3 is 0 Å². The minimum Gasteiger partial charge on any atom is -0.391 e. The van der Waals surface area contributed by atoms with Crippen molar-refractivity contribution in [3.63, 3.8) is 0 Å². The number of thiocyanates is 1. The van der Waals surface area contributed by atoms with Gasteiger partial charge in [0.2, 0.25) is 0 Å². The van der Waals surface area contributed by atoms with Crippen LogP contribution in [-0.2, 0) is 9.59 Å². The number of thioether (sulfide) groups is 1. The number of aliphatic hydroxyl groups is 1. The van der Waals surface area contributed by atoms with Gasteiger partial charge in [0, 0.05) is 17.3 Å². The van der Waals surface area contributed by atoms with Gasteiger partial charge in [-0.2, -0.15) is 5.26 Å². The smallest absolute Gasteiger partial charge is 0.178 e. The number of nitrogens with zero attached hydrogens (tertiary/aromatic N) is 1. The molecule has 0 aromatic carbocycles. The van der Waals surface area contributed by atoms with Crippen molar-refractivity contribution in [1.29, 1.82) is 5.26 Å². The van der Waals surface area contributed by atoms with Crippen LogP contribution in [-0.4, -0.2) is 28.0 Å². The van der Waals surface area contributed by atoms with E-state index in [9.17, 15) is 20.0 Å². The second-order valence-corrected chi connectivity index (χ2v) is 9.37. The highest BCUT2D eigenvalue weighted by molar-refractivity contribution is 8.04. The Labute approximate surface area is 152 Å². The number of Topliss-reactive ketones (excluding diaryl/α,β-unsaturated/α-hetero) is 1. The first-order valence-corrected chi connectivity index (χ1v) is 9.92. The van der Waals surface area contributed by atoms with Crippen molar-refractivity contribution in [2.45, 2.75) is 50.9 Å². The number of aliphatic hydroxyl groups excluding tert-OH is 1. The molecule has 3 fully saturated rings. The summed E-state index contributed by atoms with van der Waals surface area (Å²) in [6.45, 7) is 4.20. The van der Waals surface area contributed by atoms with Crippen LogP contribution in [0.5, 0.6) is 0 Å². The van der Waals surface area contributed by atoms with Crippen LogP contribution >= 0.6 is 11.8 Å². The van der Waals surface area contributed by atoms with Crippen molar-refractivity contribution in [1.82, 2.24) is 0 Å². The number of carbonyl (C=O) groups is 2. The largest absolute Gasteiger partial charge is 0.391 e. The summed E-state index contributed by atoms with van der Waals surface area (Å²) in [6, 6.07) is 0. The van der Waals surface area contributed by atoms with Crippen LogP contribution in [0.4, 0.5) is 0 Å². The molecule has 0 aliphatic heterocycles. The van der Waals surface area contributed by atoms with Crippen LogP contribution in [0.15, 0.2) is 23.8 Å². The van der Waals surface area contributed by atoms with Crippen LogP contribution < -0.4 is 0 Å². The van der Waals surface area contributed by atoms with Gasteiger partial charge in [-0.15, -0.1) is 0 Å². The molecule has 4 rings (SSSR count). The Balaban J connectivity index is 1.83. The molecular formula is C20H23NO3S. The van der Waals surface area contributed by atoms with Crippen molar-refractivity contribution in [2.75, 3.05) is 0 Å². The highest BCUT2D eigenvalue weighted by Gasteiger charge is 2.63. The lowest BCUT2D eigenvalue weighted by Gasteiger charge is -2.58. The van der Waals surface area contributed by atoms with Crippen molar-refractivity contribution in [3.05, 3.63) is 23.8 Å². The van der Waals surface area contributed by atoms with Gasteiger partial charge < -0.3 is 5.11 Å². The summed E-state index contributed by atoms with van der Waals surface area (Å²) < 4.78 is 0. The van der Waals surface area contributed by atoms with Crippen LogP contribution in [0.1, 0.15) is 39.5 Å². The Morgan fingerprint density at radius 1 is 1.28 bits per heavy atom. The Morgan fingerprint density at radius 2 is 2.04 bits per heavy atom. The summed E-state index contributed by atoms with van der Waals surface area (Å²) in [5.74, 6) is 0.625. The summed E-state index contributed by atoms with van der Waals surface area (Å²) in [6.07, 6.45) is 7.70. The van der Waals surface area contributed by atoms with Gasteiger partial charge in [0.05, 0.1) is 11.4 Å². The number of hydrogen-bond donors (Lipinski definition) is 1. The van der Waals surface area contributed by atoms with Gasteiger partial charge in [0.25, 0.3) is 0 Å². The molecule has 0 saturated heterocycles. The lowest BCUT2D eigenvalue weighted by atomic mass is 9.47. The lowest BCUT2D eigenvalue weighted by Crippen LogP contribution is -2.58. The number of hydrogen-bond acceptors (Lipinski definition) is 5. The normalized spacial score (nSPS) is 48.2. The van der Waals surface area contributed by atoms with Crippen molar-refractivity contribution in [3.8, 4) is 5.40 Å². The van der Waals surface area contributed by atoms with Gasteiger partial charge in [0.15, 0.2) is 5.78 Å². The predicted molar refractivity (Wildman–Crippen MR) is 95.4 cm³/mol. The van der Waals surface area contributed by atoms with E-state index in [4.69, 9.17) is 0 Å². The summed E-state index contributed by atoms with van der Waals surface area (Å²) >= 11 is 1.05. The molecule has 3 saturated carbocycles. The molecular weight excluding hydrogens is 334 g/mol.